The molecule has 2 amide bonds. The first kappa shape index (κ1) is 19.3. The Labute approximate surface area is 179 Å². The van der Waals surface area contributed by atoms with E-state index < -0.39 is 23.1 Å². The summed E-state index contributed by atoms with van der Waals surface area (Å²) in [5, 5.41) is 10.3. The molecule has 2 N–H and O–H groups in total. The van der Waals surface area contributed by atoms with Gasteiger partial charge in [-0.05, 0) is 41.6 Å². The number of amides is 2. The molecule has 31 heavy (non-hydrogen) atoms. The molecule has 0 aromatic heterocycles. The minimum Gasteiger partial charge on any atom is -0.453 e. The Kier molecular flexibility index (Phi) is 4.30. The van der Waals surface area contributed by atoms with Gasteiger partial charge in [0.25, 0.3) is 0 Å². The summed E-state index contributed by atoms with van der Waals surface area (Å²) in [6.07, 6.45) is -0.0274. The molecule has 158 valence electrons. The normalized spacial score (nSPS) is 27.5. The number of azide groups is 1. The van der Waals surface area contributed by atoms with Crippen molar-refractivity contribution in [3.63, 3.8) is 0 Å². The number of nitrogens with zero attached hydrogens (tertiary/aromatic N) is 4. The van der Waals surface area contributed by atoms with Crippen LogP contribution in [0.4, 0.5) is 16.2 Å². The van der Waals surface area contributed by atoms with Crippen molar-refractivity contribution in [3.05, 3.63) is 70.1 Å². The van der Waals surface area contributed by atoms with Crippen molar-refractivity contribution in [1.29, 1.82) is 0 Å². The zero-order chi connectivity index (χ0) is 21.6. The van der Waals surface area contributed by atoms with E-state index in [9.17, 15) is 9.59 Å². The van der Waals surface area contributed by atoms with Crippen LogP contribution in [0.5, 0.6) is 0 Å². The monoisotopic (exact) mass is 418 g/mol. The summed E-state index contributed by atoms with van der Waals surface area (Å²) in [4.78, 5) is 31.0. The van der Waals surface area contributed by atoms with E-state index >= 15 is 0 Å². The minimum atomic E-state index is -1.02. The van der Waals surface area contributed by atoms with Gasteiger partial charge in [-0.25, -0.2) is 4.79 Å². The molecular formula is C22H22N6O3. The first-order valence-electron chi connectivity index (χ1n) is 10.2. The van der Waals surface area contributed by atoms with Crippen LogP contribution in [0.25, 0.3) is 10.4 Å². The molecule has 3 aliphatic rings. The van der Waals surface area contributed by atoms with E-state index in [1.807, 2.05) is 48.5 Å². The highest BCUT2D eigenvalue weighted by Crippen LogP contribution is 2.63. The summed E-state index contributed by atoms with van der Waals surface area (Å²) in [7, 11) is 1.36. The number of anilines is 2. The largest absolute Gasteiger partial charge is 0.453 e. The van der Waals surface area contributed by atoms with Crippen molar-refractivity contribution in [2.45, 2.75) is 29.8 Å². The van der Waals surface area contributed by atoms with Crippen LogP contribution in [0.3, 0.4) is 0 Å². The van der Waals surface area contributed by atoms with Crippen LogP contribution >= 0.6 is 0 Å². The lowest BCUT2D eigenvalue weighted by molar-refractivity contribution is -0.124. The maximum absolute atomic E-state index is 13.8. The number of likely N-dealkylation sites (tertiary alicyclic amines) is 1. The third-order valence-corrected chi connectivity index (χ3v) is 7.07. The fraction of sp³-hybridized carbons (Fsp3) is 0.364. The highest BCUT2D eigenvalue weighted by molar-refractivity contribution is 6.08. The van der Waals surface area contributed by atoms with E-state index in [-0.39, 0.29) is 12.5 Å². The Morgan fingerprint density at radius 3 is 2.68 bits per heavy atom. The topological polar surface area (TPSA) is 119 Å². The number of nitrogens with one attached hydrogen (secondary N) is 2. The van der Waals surface area contributed by atoms with Gasteiger partial charge in [-0.2, -0.15) is 0 Å². The zero-order valence-electron chi connectivity index (χ0n) is 17.0. The number of ether oxygens (including phenoxy) is 1. The van der Waals surface area contributed by atoms with Gasteiger partial charge in [0.2, 0.25) is 5.91 Å². The number of para-hydroxylation sites is 2. The maximum atomic E-state index is 13.8. The van der Waals surface area contributed by atoms with Crippen LogP contribution in [0.15, 0.2) is 53.6 Å². The SMILES string of the molecule is COC(=O)N1CC[C@@]2([C@]3(CCN=[N+]=[N-])C(=O)Nc4ccccc43)c3ccccc3N[C@@H]12. The second-order valence-corrected chi connectivity index (χ2v) is 8.09. The average molecular weight is 418 g/mol. The maximum Gasteiger partial charge on any atom is 0.411 e. The number of hydrogen-bond acceptors (Lipinski definition) is 5. The molecule has 1 fully saturated rings. The number of benzene rings is 2. The third-order valence-electron chi connectivity index (χ3n) is 7.07. The van der Waals surface area contributed by atoms with E-state index in [4.69, 9.17) is 10.3 Å². The van der Waals surface area contributed by atoms with Crippen LogP contribution in [0.2, 0.25) is 0 Å². The van der Waals surface area contributed by atoms with Crippen molar-refractivity contribution in [2.24, 2.45) is 5.11 Å². The van der Waals surface area contributed by atoms with Gasteiger partial charge >= 0.3 is 6.09 Å². The summed E-state index contributed by atoms with van der Waals surface area (Å²) in [6, 6.07) is 15.5. The Bertz CT molecular complexity index is 1130. The van der Waals surface area contributed by atoms with Crippen molar-refractivity contribution in [1.82, 2.24) is 4.90 Å². The van der Waals surface area contributed by atoms with E-state index in [0.29, 0.717) is 19.4 Å². The lowest BCUT2D eigenvalue weighted by Gasteiger charge is -2.46. The van der Waals surface area contributed by atoms with Crippen molar-refractivity contribution in [2.75, 3.05) is 30.8 Å². The van der Waals surface area contributed by atoms with Crippen molar-refractivity contribution < 1.29 is 14.3 Å². The number of fused-ring (bicyclic) bond motifs is 4. The highest BCUT2D eigenvalue weighted by Gasteiger charge is 2.70. The van der Waals surface area contributed by atoms with Crippen LogP contribution in [0.1, 0.15) is 24.0 Å². The van der Waals surface area contributed by atoms with Crippen LogP contribution in [-0.2, 0) is 20.4 Å². The van der Waals surface area contributed by atoms with Crippen LogP contribution in [0, 0.1) is 0 Å². The third kappa shape index (κ3) is 2.35. The summed E-state index contributed by atoms with van der Waals surface area (Å²) < 4.78 is 5.06. The Hall–Kier alpha value is -3.71. The molecule has 1 saturated heterocycles. The molecule has 9 heteroatoms. The van der Waals surface area contributed by atoms with E-state index in [0.717, 1.165) is 22.5 Å². The summed E-state index contributed by atoms with van der Waals surface area (Å²) in [5.74, 6) is -0.142. The summed E-state index contributed by atoms with van der Waals surface area (Å²) in [6.45, 7) is 0.602. The molecule has 3 aliphatic heterocycles. The van der Waals surface area contributed by atoms with Gasteiger partial charge in [0.05, 0.1) is 17.9 Å². The molecule has 2 aromatic carbocycles. The van der Waals surface area contributed by atoms with Crippen molar-refractivity contribution in [3.8, 4) is 0 Å². The van der Waals surface area contributed by atoms with Gasteiger partial charge in [0, 0.05) is 29.4 Å². The van der Waals surface area contributed by atoms with Gasteiger partial charge in [-0.3, -0.25) is 9.69 Å². The molecule has 9 nitrogen and oxygen atoms in total. The van der Waals surface area contributed by atoms with Crippen LogP contribution < -0.4 is 10.6 Å². The molecule has 0 bridgehead atoms. The van der Waals surface area contributed by atoms with E-state index in [2.05, 4.69) is 20.7 Å². The molecule has 0 unspecified atom stereocenters. The molecule has 0 aliphatic carbocycles. The van der Waals surface area contributed by atoms with E-state index in [1.165, 1.54) is 7.11 Å². The Morgan fingerprint density at radius 2 is 1.94 bits per heavy atom. The molecule has 5 rings (SSSR count). The standard InChI is InChI=1S/C22H22N6O3/c1-31-20(30)28-13-11-21(14-6-2-4-8-16(14)25-18(21)28)22(10-12-24-27-23)15-7-3-5-9-17(15)26-19(22)29/h2-9,18,25H,10-13H2,1H3,(H,26,29)/t18-,21+,22-/m0/s1. The van der Waals surface area contributed by atoms with Gasteiger partial charge in [0.1, 0.15) is 6.17 Å². The van der Waals surface area contributed by atoms with Gasteiger partial charge in [-0.1, -0.05) is 41.5 Å². The Morgan fingerprint density at radius 1 is 1.23 bits per heavy atom. The first-order valence-corrected chi connectivity index (χ1v) is 10.2. The van der Waals surface area contributed by atoms with Gasteiger partial charge < -0.3 is 15.4 Å². The fourth-order valence-electron chi connectivity index (χ4n) is 5.94. The molecular weight excluding hydrogens is 396 g/mol. The summed E-state index contributed by atoms with van der Waals surface area (Å²) >= 11 is 0. The average Bonchev–Trinajstić information content (AvgIpc) is 3.41. The summed E-state index contributed by atoms with van der Waals surface area (Å²) in [5.41, 5.74) is 10.6. The van der Waals surface area contributed by atoms with Gasteiger partial charge in [-0.15, -0.1) is 0 Å². The van der Waals surface area contributed by atoms with Crippen molar-refractivity contribution >= 4 is 23.4 Å². The highest BCUT2D eigenvalue weighted by atomic mass is 16.5. The minimum absolute atomic E-state index is 0.142. The second kappa shape index (κ2) is 6.92. The lowest BCUT2D eigenvalue weighted by atomic mass is 9.55. The molecule has 2 aromatic rings. The molecule has 0 spiro atoms. The predicted molar refractivity (Wildman–Crippen MR) is 115 cm³/mol. The second-order valence-electron chi connectivity index (χ2n) is 8.09. The fourth-order valence-corrected chi connectivity index (χ4v) is 5.94. The molecule has 3 atom stereocenters. The van der Waals surface area contributed by atoms with Crippen LogP contribution in [-0.4, -0.2) is 43.3 Å². The molecule has 0 saturated carbocycles. The molecule has 0 radical (unpaired) electrons. The smallest absolute Gasteiger partial charge is 0.411 e. The first-order chi connectivity index (χ1) is 15.1. The number of rotatable bonds is 4. The van der Waals surface area contributed by atoms with E-state index in [1.54, 1.807) is 4.90 Å². The number of methoxy groups -OCH3 is 1. The zero-order valence-corrected chi connectivity index (χ0v) is 17.0. The Balaban J connectivity index is 1.79. The number of carbonyl (C=O) groups is 2. The predicted octanol–water partition coefficient (Wildman–Crippen LogP) is 3.74. The number of hydrogen-bond donors (Lipinski definition) is 2. The number of carbonyl (C=O) groups excluding carboxylic acids is 2. The molecule has 3 heterocycles. The lowest BCUT2D eigenvalue weighted by Crippen LogP contribution is -2.60. The quantitative estimate of drug-likeness (QED) is 0.446. The van der Waals surface area contributed by atoms with Gasteiger partial charge in [0.15, 0.2) is 0 Å².